The largest absolute Gasteiger partial charge is 0.493 e. The number of rotatable bonds is 5. The molecule has 0 aliphatic heterocycles. The molecule has 0 aliphatic carbocycles. The summed E-state index contributed by atoms with van der Waals surface area (Å²) in [6, 6.07) is 7.58. The molecule has 3 rings (SSSR count). The Balaban J connectivity index is 1.98. The molecule has 108 valence electrons. The zero-order chi connectivity index (χ0) is 14.7. The van der Waals surface area contributed by atoms with Crippen molar-refractivity contribution in [3.05, 3.63) is 42.6 Å². The standard InChI is InChI=1S/C15H14N2O3S/c1-18-13-6-11-12(7-14(13)19-2)16-9-17-15(11)21-8-10-4-3-5-20-10/h3-7,9H,8H2,1-2H3. The number of fused-ring (bicyclic) bond motifs is 1. The first-order chi connectivity index (χ1) is 10.3. The van der Waals surface area contributed by atoms with Gasteiger partial charge in [0, 0.05) is 11.5 Å². The maximum Gasteiger partial charge on any atom is 0.162 e. The molecule has 0 fully saturated rings. The normalized spacial score (nSPS) is 10.8. The van der Waals surface area contributed by atoms with Crippen molar-refractivity contribution in [2.24, 2.45) is 0 Å². The molecule has 0 unspecified atom stereocenters. The summed E-state index contributed by atoms with van der Waals surface area (Å²) in [7, 11) is 3.22. The number of nitrogens with zero attached hydrogens (tertiary/aromatic N) is 2. The monoisotopic (exact) mass is 302 g/mol. The fourth-order valence-electron chi connectivity index (χ4n) is 2.01. The lowest BCUT2D eigenvalue weighted by Gasteiger charge is -2.10. The Morgan fingerprint density at radius 1 is 1.14 bits per heavy atom. The van der Waals surface area contributed by atoms with Crippen LogP contribution in [0.3, 0.4) is 0 Å². The van der Waals surface area contributed by atoms with Crippen molar-refractivity contribution in [2.45, 2.75) is 10.8 Å². The minimum atomic E-state index is 0.658. The molecule has 21 heavy (non-hydrogen) atoms. The Hall–Kier alpha value is -2.21. The van der Waals surface area contributed by atoms with Gasteiger partial charge in [0.15, 0.2) is 11.5 Å². The van der Waals surface area contributed by atoms with Crippen LogP contribution in [0.2, 0.25) is 0 Å². The smallest absolute Gasteiger partial charge is 0.162 e. The van der Waals surface area contributed by atoms with Crippen molar-refractivity contribution in [1.29, 1.82) is 0 Å². The lowest BCUT2D eigenvalue weighted by molar-refractivity contribution is 0.355. The number of hydrogen-bond donors (Lipinski definition) is 0. The third kappa shape index (κ3) is 2.80. The van der Waals surface area contributed by atoms with E-state index in [4.69, 9.17) is 13.9 Å². The topological polar surface area (TPSA) is 57.4 Å². The van der Waals surface area contributed by atoms with Gasteiger partial charge in [-0.15, -0.1) is 0 Å². The maximum atomic E-state index is 5.34. The van der Waals surface area contributed by atoms with E-state index in [1.807, 2.05) is 24.3 Å². The highest BCUT2D eigenvalue weighted by atomic mass is 32.2. The van der Waals surface area contributed by atoms with E-state index < -0.39 is 0 Å². The minimum Gasteiger partial charge on any atom is -0.493 e. The van der Waals surface area contributed by atoms with Gasteiger partial charge in [0.2, 0.25) is 0 Å². The van der Waals surface area contributed by atoms with Crippen molar-refractivity contribution in [3.8, 4) is 11.5 Å². The second-order valence-corrected chi connectivity index (χ2v) is 5.24. The summed E-state index contributed by atoms with van der Waals surface area (Å²) in [6.07, 6.45) is 3.22. The SMILES string of the molecule is COc1cc2ncnc(SCc3ccco3)c2cc1OC. The van der Waals surface area contributed by atoms with Crippen molar-refractivity contribution in [2.75, 3.05) is 14.2 Å². The van der Waals surface area contributed by atoms with E-state index in [1.165, 1.54) is 0 Å². The number of ether oxygens (including phenoxy) is 2. The lowest BCUT2D eigenvalue weighted by atomic mass is 10.2. The van der Waals surface area contributed by atoms with Crippen LogP contribution in [0.4, 0.5) is 0 Å². The Labute approximate surface area is 126 Å². The molecular weight excluding hydrogens is 288 g/mol. The minimum absolute atomic E-state index is 0.658. The molecule has 0 aliphatic rings. The van der Waals surface area contributed by atoms with Gasteiger partial charge in [0.25, 0.3) is 0 Å². The van der Waals surface area contributed by atoms with Crippen LogP contribution < -0.4 is 9.47 Å². The summed E-state index contributed by atoms with van der Waals surface area (Å²) in [4.78, 5) is 8.64. The molecule has 0 saturated carbocycles. The van der Waals surface area contributed by atoms with Gasteiger partial charge >= 0.3 is 0 Å². The molecule has 0 amide bonds. The molecule has 6 heteroatoms. The van der Waals surface area contributed by atoms with E-state index in [-0.39, 0.29) is 0 Å². The molecule has 0 N–H and O–H groups in total. The average Bonchev–Trinajstić information content (AvgIpc) is 3.04. The first-order valence-corrected chi connectivity index (χ1v) is 7.32. The van der Waals surface area contributed by atoms with Gasteiger partial charge in [-0.2, -0.15) is 0 Å². The van der Waals surface area contributed by atoms with E-state index in [0.29, 0.717) is 17.3 Å². The van der Waals surface area contributed by atoms with Crippen LogP contribution in [0.15, 0.2) is 46.3 Å². The number of benzene rings is 1. The highest BCUT2D eigenvalue weighted by molar-refractivity contribution is 7.98. The van der Waals surface area contributed by atoms with Crippen LogP contribution in [0, 0.1) is 0 Å². The third-order valence-corrected chi connectivity index (χ3v) is 4.06. The van der Waals surface area contributed by atoms with E-state index in [9.17, 15) is 0 Å². The Bertz CT molecular complexity index is 744. The highest BCUT2D eigenvalue weighted by Crippen LogP contribution is 2.35. The van der Waals surface area contributed by atoms with Gasteiger partial charge < -0.3 is 13.9 Å². The summed E-state index contributed by atoms with van der Waals surface area (Å²) in [5.74, 6) is 2.95. The molecular formula is C15H14N2O3S. The van der Waals surface area contributed by atoms with Gasteiger partial charge in [-0.1, -0.05) is 11.8 Å². The van der Waals surface area contributed by atoms with Gasteiger partial charge in [0.1, 0.15) is 17.1 Å². The summed E-state index contributed by atoms with van der Waals surface area (Å²) >= 11 is 1.60. The summed E-state index contributed by atoms with van der Waals surface area (Å²) in [5.41, 5.74) is 0.824. The maximum absolute atomic E-state index is 5.34. The van der Waals surface area contributed by atoms with E-state index in [1.54, 1.807) is 38.6 Å². The van der Waals surface area contributed by atoms with E-state index in [2.05, 4.69) is 9.97 Å². The van der Waals surface area contributed by atoms with Crippen molar-refractivity contribution >= 4 is 22.7 Å². The van der Waals surface area contributed by atoms with Crippen LogP contribution in [0.5, 0.6) is 11.5 Å². The van der Waals surface area contributed by atoms with Crippen LogP contribution in [-0.2, 0) is 5.75 Å². The Kier molecular flexibility index (Phi) is 3.96. The van der Waals surface area contributed by atoms with Gasteiger partial charge in [-0.3, -0.25) is 0 Å². The highest BCUT2D eigenvalue weighted by Gasteiger charge is 2.11. The lowest BCUT2D eigenvalue weighted by Crippen LogP contribution is -1.93. The molecule has 3 aromatic rings. The molecule has 5 nitrogen and oxygen atoms in total. The third-order valence-electron chi connectivity index (χ3n) is 3.04. The first kappa shape index (κ1) is 13.8. The van der Waals surface area contributed by atoms with Crippen LogP contribution in [0.25, 0.3) is 10.9 Å². The molecule has 1 aromatic carbocycles. The number of thioether (sulfide) groups is 1. The fraction of sp³-hybridized carbons (Fsp3) is 0.200. The molecule has 0 atom stereocenters. The molecule has 0 saturated heterocycles. The van der Waals surface area contributed by atoms with Crippen molar-refractivity contribution < 1.29 is 13.9 Å². The van der Waals surface area contributed by atoms with Crippen molar-refractivity contribution in [3.63, 3.8) is 0 Å². The fourth-order valence-corrected chi connectivity index (χ4v) is 2.89. The Morgan fingerprint density at radius 2 is 1.95 bits per heavy atom. The van der Waals surface area contributed by atoms with Crippen LogP contribution in [-0.4, -0.2) is 24.2 Å². The summed E-state index contributed by atoms with van der Waals surface area (Å²) in [5, 5.41) is 1.82. The molecule has 0 radical (unpaired) electrons. The molecule has 2 aromatic heterocycles. The zero-order valence-corrected chi connectivity index (χ0v) is 12.5. The van der Waals surface area contributed by atoms with Gasteiger partial charge in [-0.25, -0.2) is 9.97 Å². The van der Waals surface area contributed by atoms with Crippen LogP contribution in [0.1, 0.15) is 5.76 Å². The van der Waals surface area contributed by atoms with E-state index in [0.717, 1.165) is 21.7 Å². The number of aromatic nitrogens is 2. The predicted molar refractivity (Wildman–Crippen MR) is 80.9 cm³/mol. The van der Waals surface area contributed by atoms with Crippen LogP contribution >= 0.6 is 11.8 Å². The molecule has 2 heterocycles. The molecule has 0 bridgehead atoms. The molecule has 0 spiro atoms. The second-order valence-electron chi connectivity index (χ2n) is 4.27. The zero-order valence-electron chi connectivity index (χ0n) is 11.7. The number of methoxy groups -OCH3 is 2. The van der Waals surface area contributed by atoms with E-state index >= 15 is 0 Å². The number of furan rings is 1. The second kappa shape index (κ2) is 6.05. The van der Waals surface area contributed by atoms with Crippen molar-refractivity contribution in [1.82, 2.24) is 9.97 Å². The summed E-state index contributed by atoms with van der Waals surface area (Å²) < 4.78 is 16.0. The Morgan fingerprint density at radius 3 is 2.67 bits per heavy atom. The van der Waals surface area contributed by atoms with Gasteiger partial charge in [-0.05, 0) is 18.2 Å². The quantitative estimate of drug-likeness (QED) is 0.531. The van der Waals surface area contributed by atoms with Gasteiger partial charge in [0.05, 0.1) is 31.8 Å². The number of hydrogen-bond acceptors (Lipinski definition) is 6. The predicted octanol–water partition coefficient (Wildman–Crippen LogP) is 3.53. The first-order valence-electron chi connectivity index (χ1n) is 6.33. The summed E-state index contributed by atoms with van der Waals surface area (Å²) in [6.45, 7) is 0. The average molecular weight is 302 g/mol.